The highest BCUT2D eigenvalue weighted by Crippen LogP contribution is 2.26. The van der Waals surface area contributed by atoms with E-state index in [-0.39, 0.29) is 23.1 Å². The Bertz CT molecular complexity index is 550. The van der Waals surface area contributed by atoms with Crippen molar-refractivity contribution in [2.24, 2.45) is 0 Å². The third kappa shape index (κ3) is 3.95. The van der Waals surface area contributed by atoms with Crippen LogP contribution in [0.25, 0.3) is 0 Å². The molecule has 1 aromatic carbocycles. The lowest BCUT2D eigenvalue weighted by Crippen LogP contribution is -2.43. The van der Waals surface area contributed by atoms with Crippen molar-refractivity contribution in [1.29, 1.82) is 0 Å². The first-order valence-corrected chi connectivity index (χ1v) is 7.91. The summed E-state index contributed by atoms with van der Waals surface area (Å²) in [5.74, 6) is 0.952. The highest BCUT2D eigenvalue weighted by Gasteiger charge is 2.26. The van der Waals surface area contributed by atoms with Crippen LogP contribution in [0, 0.1) is 17.0 Å². The molecule has 0 bridgehead atoms. The molecular formula is C14H18N2O4S. The number of carbonyl (C=O) groups is 1. The smallest absolute Gasteiger partial charge is 0.304 e. The fourth-order valence-electron chi connectivity index (χ4n) is 2.54. The highest BCUT2D eigenvalue weighted by atomic mass is 32.2. The van der Waals surface area contributed by atoms with E-state index in [2.05, 4.69) is 4.90 Å². The van der Waals surface area contributed by atoms with Crippen LogP contribution >= 0.6 is 11.8 Å². The number of carboxylic acid groups (broad SMARTS) is 1. The molecule has 6 nitrogen and oxygen atoms in total. The zero-order chi connectivity index (χ0) is 15.4. The Morgan fingerprint density at radius 1 is 1.57 bits per heavy atom. The molecule has 0 spiro atoms. The summed E-state index contributed by atoms with van der Waals surface area (Å²) < 4.78 is 0. The maximum atomic E-state index is 11.0. The molecule has 0 aromatic heterocycles. The van der Waals surface area contributed by atoms with Crippen molar-refractivity contribution in [1.82, 2.24) is 4.90 Å². The molecule has 0 aliphatic carbocycles. The Morgan fingerprint density at radius 2 is 2.33 bits per heavy atom. The summed E-state index contributed by atoms with van der Waals surface area (Å²) in [6.45, 7) is 3.12. The van der Waals surface area contributed by atoms with E-state index < -0.39 is 5.97 Å². The lowest BCUT2D eigenvalue weighted by atomic mass is 10.0. The number of nitro benzene ring substituents is 1. The van der Waals surface area contributed by atoms with Gasteiger partial charge in [-0.3, -0.25) is 19.8 Å². The quantitative estimate of drug-likeness (QED) is 0.663. The predicted octanol–water partition coefficient (Wildman–Crippen LogP) is 2.30. The summed E-state index contributed by atoms with van der Waals surface area (Å²) in [4.78, 5) is 23.7. The van der Waals surface area contributed by atoms with Crippen molar-refractivity contribution in [2.45, 2.75) is 25.9 Å². The van der Waals surface area contributed by atoms with E-state index in [0.717, 1.165) is 23.6 Å². The van der Waals surface area contributed by atoms with E-state index in [1.54, 1.807) is 24.8 Å². The molecule has 1 heterocycles. The van der Waals surface area contributed by atoms with Gasteiger partial charge in [-0.1, -0.05) is 12.1 Å². The van der Waals surface area contributed by atoms with Gasteiger partial charge in [0, 0.05) is 42.3 Å². The third-order valence-corrected chi connectivity index (χ3v) is 4.84. The zero-order valence-electron chi connectivity index (χ0n) is 11.8. The second kappa shape index (κ2) is 6.91. The maximum Gasteiger partial charge on any atom is 0.304 e. The zero-order valence-corrected chi connectivity index (χ0v) is 12.6. The molecule has 7 heteroatoms. The molecule has 1 unspecified atom stereocenters. The van der Waals surface area contributed by atoms with E-state index in [0.29, 0.717) is 12.1 Å². The van der Waals surface area contributed by atoms with E-state index in [4.69, 9.17) is 5.11 Å². The minimum absolute atomic E-state index is 0.0140. The average molecular weight is 310 g/mol. The Morgan fingerprint density at radius 3 is 3.00 bits per heavy atom. The van der Waals surface area contributed by atoms with E-state index in [9.17, 15) is 14.9 Å². The van der Waals surface area contributed by atoms with Crippen LogP contribution in [0.5, 0.6) is 0 Å². The topological polar surface area (TPSA) is 83.7 Å². The van der Waals surface area contributed by atoms with E-state index in [1.807, 2.05) is 6.07 Å². The van der Waals surface area contributed by atoms with Crippen molar-refractivity contribution in [2.75, 3.05) is 18.1 Å². The summed E-state index contributed by atoms with van der Waals surface area (Å²) in [6.07, 6.45) is 0.112. The molecule has 21 heavy (non-hydrogen) atoms. The molecule has 1 atom stereocenters. The number of hydrogen-bond donors (Lipinski definition) is 1. The predicted molar refractivity (Wildman–Crippen MR) is 81.6 cm³/mol. The largest absolute Gasteiger partial charge is 0.481 e. The Hall–Kier alpha value is -1.60. The number of thioether (sulfide) groups is 1. The molecule has 1 aromatic rings. The molecule has 1 fully saturated rings. The van der Waals surface area contributed by atoms with Crippen molar-refractivity contribution in [3.8, 4) is 0 Å². The van der Waals surface area contributed by atoms with Gasteiger partial charge in [0.1, 0.15) is 0 Å². The first-order chi connectivity index (χ1) is 9.99. The van der Waals surface area contributed by atoms with Crippen LogP contribution in [0.3, 0.4) is 0 Å². The first kappa shape index (κ1) is 15.8. The average Bonchev–Trinajstić information content (AvgIpc) is 2.42. The van der Waals surface area contributed by atoms with Gasteiger partial charge in [-0.05, 0) is 12.5 Å². The molecule has 0 saturated carbocycles. The molecule has 0 amide bonds. The Kier molecular flexibility index (Phi) is 5.19. The van der Waals surface area contributed by atoms with Gasteiger partial charge in [-0.15, -0.1) is 0 Å². The van der Waals surface area contributed by atoms with E-state index >= 15 is 0 Å². The highest BCUT2D eigenvalue weighted by molar-refractivity contribution is 7.99. The fraction of sp³-hybridized carbons (Fsp3) is 0.500. The van der Waals surface area contributed by atoms with Gasteiger partial charge < -0.3 is 5.11 Å². The second-order valence-corrected chi connectivity index (χ2v) is 6.27. The van der Waals surface area contributed by atoms with Gasteiger partial charge in [0.05, 0.1) is 11.3 Å². The van der Waals surface area contributed by atoms with Crippen molar-refractivity contribution in [3.05, 3.63) is 39.4 Å². The number of carboxylic acids is 1. The SMILES string of the molecule is Cc1c(CN2CCSCC2CC(=O)O)cccc1[N+](=O)[O-]. The summed E-state index contributed by atoms with van der Waals surface area (Å²) in [5.41, 5.74) is 1.68. The van der Waals surface area contributed by atoms with Crippen LogP contribution < -0.4 is 0 Å². The first-order valence-electron chi connectivity index (χ1n) is 6.75. The number of aliphatic carboxylic acids is 1. The van der Waals surface area contributed by atoms with Crippen LogP contribution in [0.1, 0.15) is 17.5 Å². The monoisotopic (exact) mass is 310 g/mol. The lowest BCUT2D eigenvalue weighted by Gasteiger charge is -2.34. The van der Waals surface area contributed by atoms with Crippen molar-refractivity contribution in [3.63, 3.8) is 0 Å². The molecule has 1 aliphatic heterocycles. The van der Waals surface area contributed by atoms with Crippen LogP contribution in [0.2, 0.25) is 0 Å². The number of hydrogen-bond acceptors (Lipinski definition) is 5. The van der Waals surface area contributed by atoms with E-state index in [1.165, 1.54) is 6.07 Å². The van der Waals surface area contributed by atoms with Gasteiger partial charge >= 0.3 is 5.97 Å². The molecule has 0 radical (unpaired) electrons. The van der Waals surface area contributed by atoms with Crippen LogP contribution in [0.4, 0.5) is 5.69 Å². The molecule has 1 saturated heterocycles. The normalized spacial score (nSPS) is 19.4. The van der Waals surface area contributed by atoms with Gasteiger partial charge in [0.2, 0.25) is 0 Å². The summed E-state index contributed by atoms with van der Waals surface area (Å²) in [7, 11) is 0. The van der Waals surface area contributed by atoms with Gasteiger partial charge in [-0.2, -0.15) is 11.8 Å². The molecule has 1 N–H and O–H groups in total. The van der Waals surface area contributed by atoms with Gasteiger partial charge in [-0.25, -0.2) is 0 Å². The molecule has 2 rings (SSSR count). The standard InChI is InChI=1S/C14H18N2O4S/c1-10-11(3-2-4-13(10)16(19)20)8-15-5-6-21-9-12(15)7-14(17)18/h2-4,12H,5-9H2,1H3,(H,17,18). The number of nitrogens with zero attached hydrogens (tertiary/aromatic N) is 2. The second-order valence-electron chi connectivity index (χ2n) is 5.12. The minimum atomic E-state index is -0.803. The fourth-order valence-corrected chi connectivity index (χ4v) is 3.68. The van der Waals surface area contributed by atoms with Crippen LogP contribution in [-0.2, 0) is 11.3 Å². The summed E-state index contributed by atoms with van der Waals surface area (Å²) in [5, 5.41) is 20.0. The Balaban J connectivity index is 2.17. The Labute approximate surface area is 127 Å². The maximum absolute atomic E-state index is 11.0. The number of rotatable bonds is 5. The van der Waals surface area contributed by atoms with Crippen molar-refractivity contribution < 1.29 is 14.8 Å². The van der Waals surface area contributed by atoms with Crippen LogP contribution in [0.15, 0.2) is 18.2 Å². The van der Waals surface area contributed by atoms with Gasteiger partial charge in [0.25, 0.3) is 5.69 Å². The third-order valence-electron chi connectivity index (χ3n) is 3.75. The lowest BCUT2D eigenvalue weighted by molar-refractivity contribution is -0.385. The molecule has 1 aliphatic rings. The summed E-state index contributed by atoms with van der Waals surface area (Å²) in [6, 6.07) is 5.05. The van der Waals surface area contributed by atoms with Crippen molar-refractivity contribution >= 4 is 23.4 Å². The molecule has 114 valence electrons. The number of nitro groups is 1. The minimum Gasteiger partial charge on any atom is -0.481 e. The van der Waals surface area contributed by atoms with Gasteiger partial charge in [0.15, 0.2) is 0 Å². The molecular weight excluding hydrogens is 292 g/mol. The van der Waals surface area contributed by atoms with Crippen LogP contribution in [-0.4, -0.2) is 45.0 Å². The number of benzene rings is 1. The summed E-state index contributed by atoms with van der Waals surface area (Å²) >= 11 is 1.76.